The summed E-state index contributed by atoms with van der Waals surface area (Å²) in [5, 5.41) is 2.98. The number of methoxy groups -OCH3 is 2. The van der Waals surface area contributed by atoms with Crippen molar-refractivity contribution in [2.45, 2.75) is 31.9 Å². The number of halogens is 2. The van der Waals surface area contributed by atoms with Crippen molar-refractivity contribution in [3.63, 3.8) is 0 Å². The third kappa shape index (κ3) is 6.07. The summed E-state index contributed by atoms with van der Waals surface area (Å²) in [7, 11) is 2.97. The number of ether oxygens (including phenoxy) is 3. The number of amides is 1. The second kappa shape index (κ2) is 10.9. The highest BCUT2D eigenvalue weighted by molar-refractivity contribution is 5.94. The Morgan fingerprint density at radius 3 is 2.32 bits per heavy atom. The molecule has 1 fully saturated rings. The number of likely N-dealkylation sites (tertiary alicyclic amines) is 1. The van der Waals surface area contributed by atoms with Crippen LogP contribution in [0.4, 0.5) is 8.78 Å². The van der Waals surface area contributed by atoms with Gasteiger partial charge in [-0.25, -0.2) is 0 Å². The molecule has 2 aromatic rings. The number of rotatable bonds is 9. The Balaban J connectivity index is 1.73. The number of carbonyl (C=O) groups excluding carboxylic acids is 1. The number of carbonyl (C=O) groups is 1. The highest BCUT2D eigenvalue weighted by Crippen LogP contribution is 2.30. The smallest absolute Gasteiger partial charge is 0.387 e. The predicted octanol–water partition coefficient (Wildman–Crippen LogP) is 4.26. The fraction of sp³-hybridized carbons (Fsp3) is 0.435. The van der Waals surface area contributed by atoms with Crippen molar-refractivity contribution in [1.29, 1.82) is 0 Å². The van der Waals surface area contributed by atoms with Gasteiger partial charge in [-0.05, 0) is 61.8 Å². The lowest BCUT2D eigenvalue weighted by Gasteiger charge is -2.35. The summed E-state index contributed by atoms with van der Waals surface area (Å²) < 4.78 is 39.8. The van der Waals surface area contributed by atoms with E-state index in [4.69, 9.17) is 9.47 Å². The van der Waals surface area contributed by atoms with Gasteiger partial charge in [0.05, 0.1) is 20.3 Å². The normalized spacial score (nSPS) is 15.4. The number of piperidine rings is 1. The highest BCUT2D eigenvalue weighted by atomic mass is 19.3. The van der Waals surface area contributed by atoms with Crippen LogP contribution in [0.5, 0.6) is 17.2 Å². The molecule has 1 atom stereocenters. The lowest BCUT2D eigenvalue weighted by Crippen LogP contribution is -2.40. The third-order valence-corrected chi connectivity index (χ3v) is 5.43. The van der Waals surface area contributed by atoms with Gasteiger partial charge in [0.25, 0.3) is 5.91 Å². The predicted molar refractivity (Wildman–Crippen MR) is 113 cm³/mol. The topological polar surface area (TPSA) is 60.0 Å². The second-order valence-electron chi connectivity index (χ2n) is 7.34. The Bertz CT molecular complexity index is 855. The van der Waals surface area contributed by atoms with E-state index in [-0.39, 0.29) is 23.4 Å². The Kier molecular flexibility index (Phi) is 8.06. The molecule has 0 bridgehead atoms. The van der Waals surface area contributed by atoms with Gasteiger partial charge in [0.15, 0.2) is 11.5 Å². The molecule has 1 amide bonds. The van der Waals surface area contributed by atoms with Crippen LogP contribution in [0.15, 0.2) is 42.5 Å². The van der Waals surface area contributed by atoms with Crippen molar-refractivity contribution in [2.24, 2.45) is 0 Å². The molecular weight excluding hydrogens is 406 g/mol. The van der Waals surface area contributed by atoms with Crippen LogP contribution in [0.3, 0.4) is 0 Å². The van der Waals surface area contributed by atoms with Gasteiger partial charge >= 0.3 is 6.61 Å². The highest BCUT2D eigenvalue weighted by Gasteiger charge is 2.23. The van der Waals surface area contributed by atoms with Crippen LogP contribution in [-0.4, -0.2) is 51.3 Å². The van der Waals surface area contributed by atoms with Crippen molar-refractivity contribution in [3.8, 4) is 17.2 Å². The molecule has 0 aliphatic carbocycles. The van der Waals surface area contributed by atoms with E-state index in [1.54, 1.807) is 7.11 Å². The van der Waals surface area contributed by atoms with E-state index in [1.807, 2.05) is 24.3 Å². The van der Waals surface area contributed by atoms with Gasteiger partial charge in [0.1, 0.15) is 5.75 Å². The molecule has 6 nitrogen and oxygen atoms in total. The first kappa shape index (κ1) is 22.8. The maximum atomic E-state index is 12.8. The summed E-state index contributed by atoms with van der Waals surface area (Å²) in [5.41, 5.74) is 1.41. The van der Waals surface area contributed by atoms with Crippen molar-refractivity contribution in [3.05, 3.63) is 53.6 Å². The molecule has 3 rings (SSSR count). The molecule has 0 unspecified atom stereocenters. The molecule has 1 aliphatic rings. The zero-order valence-corrected chi connectivity index (χ0v) is 17.8. The molecule has 0 saturated carbocycles. The third-order valence-electron chi connectivity index (χ3n) is 5.43. The van der Waals surface area contributed by atoms with Gasteiger partial charge in [-0.15, -0.1) is 0 Å². The monoisotopic (exact) mass is 434 g/mol. The Labute approximate surface area is 181 Å². The molecule has 1 aliphatic heterocycles. The Hall–Kier alpha value is -2.87. The molecule has 168 valence electrons. The molecule has 1 heterocycles. The number of hydrogen-bond acceptors (Lipinski definition) is 5. The van der Waals surface area contributed by atoms with E-state index < -0.39 is 6.61 Å². The average Bonchev–Trinajstić information content (AvgIpc) is 2.80. The zero-order valence-electron chi connectivity index (χ0n) is 17.8. The van der Waals surface area contributed by atoms with Gasteiger partial charge in [-0.2, -0.15) is 8.78 Å². The maximum Gasteiger partial charge on any atom is 0.387 e. The van der Waals surface area contributed by atoms with Crippen LogP contribution in [0.2, 0.25) is 0 Å². The zero-order chi connectivity index (χ0) is 22.2. The van der Waals surface area contributed by atoms with Crippen molar-refractivity contribution >= 4 is 5.91 Å². The quantitative estimate of drug-likeness (QED) is 0.639. The van der Waals surface area contributed by atoms with Crippen LogP contribution in [0.1, 0.15) is 41.2 Å². The molecule has 2 aromatic carbocycles. The fourth-order valence-electron chi connectivity index (χ4n) is 3.81. The van der Waals surface area contributed by atoms with Crippen molar-refractivity contribution in [1.82, 2.24) is 10.2 Å². The summed E-state index contributed by atoms with van der Waals surface area (Å²) >= 11 is 0. The minimum Gasteiger partial charge on any atom is -0.497 e. The van der Waals surface area contributed by atoms with E-state index >= 15 is 0 Å². The van der Waals surface area contributed by atoms with Crippen LogP contribution in [0, 0.1) is 0 Å². The number of benzene rings is 2. The minimum atomic E-state index is -2.97. The fourth-order valence-corrected chi connectivity index (χ4v) is 3.81. The second-order valence-corrected chi connectivity index (χ2v) is 7.34. The van der Waals surface area contributed by atoms with Crippen LogP contribution >= 0.6 is 0 Å². The van der Waals surface area contributed by atoms with E-state index in [2.05, 4.69) is 15.0 Å². The van der Waals surface area contributed by atoms with Crippen LogP contribution in [0.25, 0.3) is 0 Å². The lowest BCUT2D eigenvalue weighted by molar-refractivity contribution is -0.0512. The molecule has 1 saturated heterocycles. The molecule has 8 heteroatoms. The summed E-state index contributed by atoms with van der Waals surface area (Å²) in [6, 6.07) is 12.0. The standard InChI is InChI=1S/C23H28F2N2O4/c1-29-18-9-6-16(7-10-18)19(27-12-4-3-5-13-27)15-26-22(28)17-8-11-20(31-23(24)25)21(14-17)30-2/h6-11,14,19,23H,3-5,12-13,15H2,1-2H3,(H,26,28)/t19-/m0/s1. The summed E-state index contributed by atoms with van der Waals surface area (Å²) in [6.45, 7) is -0.605. The molecule has 0 aromatic heterocycles. The summed E-state index contributed by atoms with van der Waals surface area (Å²) in [6.07, 6.45) is 3.47. The van der Waals surface area contributed by atoms with Crippen LogP contribution < -0.4 is 19.5 Å². The van der Waals surface area contributed by atoms with Gasteiger partial charge in [-0.1, -0.05) is 18.6 Å². The minimum absolute atomic E-state index is 0.0264. The molecule has 31 heavy (non-hydrogen) atoms. The van der Waals surface area contributed by atoms with Gasteiger partial charge in [-0.3, -0.25) is 9.69 Å². The van der Waals surface area contributed by atoms with E-state index in [0.29, 0.717) is 12.1 Å². The number of hydrogen-bond donors (Lipinski definition) is 1. The largest absolute Gasteiger partial charge is 0.497 e. The molecule has 1 N–H and O–H groups in total. The first-order chi connectivity index (χ1) is 15.0. The Morgan fingerprint density at radius 1 is 1.00 bits per heavy atom. The van der Waals surface area contributed by atoms with Crippen LogP contribution in [-0.2, 0) is 0 Å². The average molecular weight is 434 g/mol. The SMILES string of the molecule is COc1ccc([C@H](CNC(=O)c2ccc(OC(F)F)c(OC)c2)N2CCCCC2)cc1. The summed E-state index contributed by atoms with van der Waals surface area (Å²) in [5.74, 6) is 0.440. The molecule has 0 radical (unpaired) electrons. The molecular formula is C23H28F2N2O4. The van der Waals surface area contributed by atoms with Gasteiger partial charge in [0.2, 0.25) is 0 Å². The Morgan fingerprint density at radius 2 is 1.71 bits per heavy atom. The first-order valence-electron chi connectivity index (χ1n) is 10.3. The van der Waals surface area contributed by atoms with E-state index in [0.717, 1.165) is 37.2 Å². The number of alkyl halides is 2. The van der Waals surface area contributed by atoms with E-state index in [1.165, 1.54) is 31.7 Å². The number of nitrogens with one attached hydrogen (secondary N) is 1. The van der Waals surface area contributed by atoms with Crippen molar-refractivity contribution in [2.75, 3.05) is 33.9 Å². The lowest BCUT2D eigenvalue weighted by atomic mass is 10.0. The van der Waals surface area contributed by atoms with Crippen molar-refractivity contribution < 1.29 is 27.8 Å². The first-order valence-corrected chi connectivity index (χ1v) is 10.3. The number of nitrogens with zero attached hydrogens (tertiary/aromatic N) is 1. The van der Waals surface area contributed by atoms with E-state index in [9.17, 15) is 13.6 Å². The summed E-state index contributed by atoms with van der Waals surface area (Å²) in [4.78, 5) is 15.2. The maximum absolute atomic E-state index is 12.8. The van der Waals surface area contributed by atoms with Gasteiger partial charge < -0.3 is 19.5 Å². The molecule has 0 spiro atoms. The van der Waals surface area contributed by atoms with Gasteiger partial charge in [0, 0.05) is 12.1 Å².